The lowest BCUT2D eigenvalue weighted by Gasteiger charge is -2.29. The third kappa shape index (κ3) is 3.99. The molecular weight excluding hydrogens is 248 g/mol. The van der Waals surface area contributed by atoms with Crippen LogP contribution >= 0.6 is 0 Å². The van der Waals surface area contributed by atoms with Gasteiger partial charge in [0.25, 0.3) is 0 Å². The summed E-state index contributed by atoms with van der Waals surface area (Å²) < 4.78 is 11.6. The molecule has 1 fully saturated rings. The van der Waals surface area contributed by atoms with Gasteiger partial charge in [-0.3, -0.25) is 0 Å². The van der Waals surface area contributed by atoms with Gasteiger partial charge in [-0.1, -0.05) is 32.1 Å². The Morgan fingerprint density at radius 3 is 2.70 bits per heavy atom. The zero-order valence-corrected chi connectivity index (χ0v) is 13.3. The molecule has 0 aromatic rings. The summed E-state index contributed by atoms with van der Waals surface area (Å²) in [5.41, 5.74) is -0.0159. The highest BCUT2D eigenvalue weighted by atomic mass is 16.6. The van der Waals surface area contributed by atoms with Crippen LogP contribution in [0.15, 0.2) is 36.6 Å². The van der Waals surface area contributed by atoms with Crippen molar-refractivity contribution in [1.82, 2.24) is 0 Å². The van der Waals surface area contributed by atoms with E-state index in [2.05, 4.69) is 58.1 Å². The van der Waals surface area contributed by atoms with Gasteiger partial charge in [-0.05, 0) is 51.2 Å². The number of epoxide rings is 1. The van der Waals surface area contributed by atoms with Crippen molar-refractivity contribution >= 4 is 0 Å². The van der Waals surface area contributed by atoms with E-state index >= 15 is 0 Å². The zero-order valence-electron chi connectivity index (χ0n) is 13.3. The van der Waals surface area contributed by atoms with Gasteiger partial charge in [-0.15, -0.1) is 0 Å². The fraction of sp³-hybridized carbons (Fsp3) is 0.667. The molecule has 20 heavy (non-hydrogen) atoms. The Balaban J connectivity index is 1.72. The second-order valence-corrected chi connectivity index (χ2v) is 6.62. The first-order chi connectivity index (χ1) is 9.47. The second-order valence-electron chi connectivity index (χ2n) is 6.62. The molecule has 0 N–H and O–H groups in total. The summed E-state index contributed by atoms with van der Waals surface area (Å²) in [6, 6.07) is 0. The number of rotatable bonds is 7. The molecule has 1 aliphatic carbocycles. The predicted octanol–water partition coefficient (Wildman–Crippen LogP) is 4.78. The smallest absolute Gasteiger partial charge is 0.130 e. The van der Waals surface area contributed by atoms with Crippen LogP contribution in [0.2, 0.25) is 0 Å². The van der Waals surface area contributed by atoms with Crippen LogP contribution in [0.3, 0.4) is 0 Å². The van der Waals surface area contributed by atoms with Crippen molar-refractivity contribution in [2.45, 2.75) is 70.7 Å². The van der Waals surface area contributed by atoms with E-state index < -0.39 is 0 Å². The quantitative estimate of drug-likeness (QED) is 0.493. The Labute approximate surface area is 123 Å². The van der Waals surface area contributed by atoms with Crippen molar-refractivity contribution in [3.63, 3.8) is 0 Å². The van der Waals surface area contributed by atoms with Gasteiger partial charge in [-0.2, -0.15) is 0 Å². The average molecular weight is 276 g/mol. The van der Waals surface area contributed by atoms with E-state index in [4.69, 9.17) is 9.47 Å². The average Bonchev–Trinajstić information content (AvgIpc) is 3.05. The fourth-order valence-electron chi connectivity index (χ4n) is 2.64. The molecule has 1 heterocycles. The van der Waals surface area contributed by atoms with Crippen LogP contribution in [0.5, 0.6) is 0 Å². The summed E-state index contributed by atoms with van der Waals surface area (Å²) in [5, 5.41) is 0. The normalized spacial score (nSPS) is 32.5. The van der Waals surface area contributed by atoms with Crippen LogP contribution < -0.4 is 0 Å². The summed E-state index contributed by atoms with van der Waals surface area (Å²) in [6.45, 7) is 8.74. The van der Waals surface area contributed by atoms with Crippen molar-refractivity contribution < 1.29 is 9.47 Å². The number of hydrogen-bond donors (Lipinski definition) is 0. The summed E-state index contributed by atoms with van der Waals surface area (Å²) >= 11 is 0. The lowest BCUT2D eigenvalue weighted by Crippen LogP contribution is -2.27. The SMILES string of the molecule is CCC1(OC=CC(C)CCC2OC2(C)C)C=CC=CC1. The second kappa shape index (κ2) is 6.17. The molecule has 0 amide bonds. The molecule has 1 aliphatic heterocycles. The van der Waals surface area contributed by atoms with E-state index in [0.29, 0.717) is 12.0 Å². The highest BCUT2D eigenvalue weighted by Gasteiger charge is 2.46. The molecule has 3 unspecified atom stereocenters. The molecule has 0 aromatic heterocycles. The molecular formula is C18H28O2. The van der Waals surface area contributed by atoms with E-state index in [1.54, 1.807) is 0 Å². The summed E-state index contributed by atoms with van der Waals surface area (Å²) in [5.74, 6) is 0.534. The van der Waals surface area contributed by atoms with E-state index in [9.17, 15) is 0 Å². The first-order valence-electron chi connectivity index (χ1n) is 7.84. The summed E-state index contributed by atoms with van der Waals surface area (Å²) in [6.07, 6.45) is 17.3. The minimum atomic E-state index is -0.132. The molecule has 2 rings (SSSR count). The van der Waals surface area contributed by atoms with E-state index in [1.165, 1.54) is 0 Å². The van der Waals surface area contributed by atoms with Crippen LogP contribution in [-0.2, 0) is 9.47 Å². The highest BCUT2D eigenvalue weighted by molar-refractivity contribution is 5.18. The van der Waals surface area contributed by atoms with Gasteiger partial charge in [-0.25, -0.2) is 0 Å². The van der Waals surface area contributed by atoms with Gasteiger partial charge in [0.2, 0.25) is 0 Å². The molecule has 0 radical (unpaired) electrons. The highest BCUT2D eigenvalue weighted by Crippen LogP contribution is 2.39. The van der Waals surface area contributed by atoms with Gasteiger partial charge >= 0.3 is 0 Å². The van der Waals surface area contributed by atoms with Crippen LogP contribution in [-0.4, -0.2) is 17.3 Å². The Hall–Kier alpha value is -1.02. The van der Waals surface area contributed by atoms with Crippen molar-refractivity contribution in [1.29, 1.82) is 0 Å². The Bertz CT molecular complexity index is 406. The Morgan fingerprint density at radius 2 is 2.15 bits per heavy atom. The minimum absolute atomic E-state index is 0.116. The first kappa shape index (κ1) is 15.4. The predicted molar refractivity (Wildman–Crippen MR) is 83.5 cm³/mol. The molecule has 0 aromatic carbocycles. The van der Waals surface area contributed by atoms with Gasteiger partial charge in [0, 0.05) is 6.42 Å². The fourth-order valence-corrected chi connectivity index (χ4v) is 2.64. The lowest BCUT2D eigenvalue weighted by molar-refractivity contribution is 0.0649. The van der Waals surface area contributed by atoms with Gasteiger partial charge in [0.15, 0.2) is 0 Å². The Kier molecular flexibility index (Phi) is 4.74. The van der Waals surface area contributed by atoms with Crippen LogP contribution in [0.25, 0.3) is 0 Å². The van der Waals surface area contributed by atoms with Gasteiger partial charge in [0.1, 0.15) is 5.60 Å². The standard InChI is InChI=1S/C18H28O2/c1-5-18(12-7-6-8-13-18)19-14-11-15(2)9-10-16-17(3,4)20-16/h6-8,11-12,14-16H,5,9-10,13H2,1-4H3. The zero-order chi connectivity index (χ0) is 14.6. The van der Waals surface area contributed by atoms with Crippen LogP contribution in [0, 0.1) is 5.92 Å². The molecule has 0 spiro atoms. The molecule has 3 atom stereocenters. The molecule has 0 saturated carbocycles. The number of hydrogen-bond acceptors (Lipinski definition) is 2. The van der Waals surface area contributed by atoms with Crippen molar-refractivity contribution in [2.75, 3.05) is 0 Å². The third-order valence-electron chi connectivity index (χ3n) is 4.47. The van der Waals surface area contributed by atoms with Crippen LogP contribution in [0.1, 0.15) is 53.4 Å². The van der Waals surface area contributed by atoms with Crippen molar-refractivity contribution in [3.05, 3.63) is 36.6 Å². The maximum atomic E-state index is 6.00. The van der Waals surface area contributed by atoms with E-state index in [0.717, 1.165) is 25.7 Å². The molecule has 2 nitrogen and oxygen atoms in total. The number of allylic oxidation sites excluding steroid dienone is 3. The lowest BCUT2D eigenvalue weighted by atomic mass is 9.92. The van der Waals surface area contributed by atoms with Crippen molar-refractivity contribution in [3.8, 4) is 0 Å². The van der Waals surface area contributed by atoms with E-state index in [-0.39, 0.29) is 11.2 Å². The van der Waals surface area contributed by atoms with Crippen molar-refractivity contribution in [2.24, 2.45) is 5.92 Å². The van der Waals surface area contributed by atoms with Crippen LogP contribution in [0.4, 0.5) is 0 Å². The third-order valence-corrected chi connectivity index (χ3v) is 4.47. The Morgan fingerprint density at radius 1 is 1.40 bits per heavy atom. The minimum Gasteiger partial charge on any atom is -0.491 e. The maximum Gasteiger partial charge on any atom is 0.130 e. The van der Waals surface area contributed by atoms with Gasteiger partial charge in [0.05, 0.1) is 18.0 Å². The maximum absolute atomic E-state index is 6.00. The molecule has 2 heteroatoms. The molecule has 0 bridgehead atoms. The topological polar surface area (TPSA) is 21.8 Å². The largest absolute Gasteiger partial charge is 0.491 e. The number of ether oxygens (including phenoxy) is 2. The molecule has 1 saturated heterocycles. The van der Waals surface area contributed by atoms with E-state index in [1.807, 2.05) is 6.26 Å². The summed E-state index contributed by atoms with van der Waals surface area (Å²) in [7, 11) is 0. The van der Waals surface area contributed by atoms with Gasteiger partial charge < -0.3 is 9.47 Å². The first-order valence-corrected chi connectivity index (χ1v) is 7.84. The molecule has 2 aliphatic rings. The summed E-state index contributed by atoms with van der Waals surface area (Å²) in [4.78, 5) is 0. The molecule has 112 valence electrons. The monoisotopic (exact) mass is 276 g/mol.